The lowest BCUT2D eigenvalue weighted by Crippen LogP contribution is -2.53. The third-order valence-electron chi connectivity index (χ3n) is 4.03. The van der Waals surface area contributed by atoms with Crippen LogP contribution in [0, 0.1) is 0 Å². The number of aliphatic hydroxyl groups excluding tert-OH is 1. The van der Waals surface area contributed by atoms with Crippen molar-refractivity contribution in [2.24, 2.45) is 0 Å². The van der Waals surface area contributed by atoms with E-state index in [-0.39, 0.29) is 12.1 Å². The number of likely N-dealkylation sites (tertiary alicyclic amines) is 1. The molecule has 1 saturated heterocycles. The molecule has 18 heavy (non-hydrogen) atoms. The quantitative estimate of drug-likeness (QED) is 0.713. The van der Waals surface area contributed by atoms with Crippen LogP contribution in [-0.2, 0) is 0 Å². The molecule has 0 radical (unpaired) electrons. The van der Waals surface area contributed by atoms with Crippen LogP contribution < -0.4 is 5.32 Å². The lowest BCUT2D eigenvalue weighted by Gasteiger charge is -2.38. The Bertz CT molecular complexity index is 260. The topological polar surface area (TPSA) is 35.5 Å². The molecule has 3 nitrogen and oxygen atoms in total. The molecule has 1 atom stereocenters. The van der Waals surface area contributed by atoms with Crippen molar-refractivity contribution in [3.05, 3.63) is 11.6 Å². The van der Waals surface area contributed by atoms with Gasteiger partial charge in [-0.1, -0.05) is 18.6 Å². The summed E-state index contributed by atoms with van der Waals surface area (Å²) < 4.78 is 0. The molecular weight excluding hydrogens is 224 g/mol. The second-order valence-electron chi connectivity index (χ2n) is 6.07. The van der Waals surface area contributed by atoms with Gasteiger partial charge >= 0.3 is 0 Å². The van der Waals surface area contributed by atoms with E-state index in [1.165, 1.54) is 18.4 Å². The van der Waals surface area contributed by atoms with Crippen molar-refractivity contribution in [3.8, 4) is 0 Å². The fraction of sp³-hybridized carbons (Fsp3) is 0.867. The van der Waals surface area contributed by atoms with Crippen molar-refractivity contribution in [2.45, 2.75) is 58.5 Å². The summed E-state index contributed by atoms with van der Waals surface area (Å²) in [6.45, 7) is 12.2. The first-order chi connectivity index (χ1) is 8.49. The van der Waals surface area contributed by atoms with Gasteiger partial charge in [-0.05, 0) is 53.1 Å². The lowest BCUT2D eigenvalue weighted by molar-refractivity contribution is 0.130. The molecule has 0 aromatic rings. The molecular formula is C15H30N2O. The molecule has 2 N–H and O–H groups in total. The summed E-state index contributed by atoms with van der Waals surface area (Å²) in [5.74, 6) is 0. The second kappa shape index (κ2) is 7.27. The number of rotatable bonds is 6. The van der Waals surface area contributed by atoms with Crippen molar-refractivity contribution in [2.75, 3.05) is 26.2 Å². The predicted octanol–water partition coefficient (Wildman–Crippen LogP) is 2.17. The van der Waals surface area contributed by atoms with Gasteiger partial charge in [0.25, 0.3) is 0 Å². The first-order valence-electron chi connectivity index (χ1n) is 7.23. The molecule has 1 aliphatic heterocycles. The maximum absolute atomic E-state index is 9.43. The molecule has 0 aromatic carbocycles. The van der Waals surface area contributed by atoms with Crippen molar-refractivity contribution in [1.82, 2.24) is 10.2 Å². The Morgan fingerprint density at radius 2 is 2.00 bits per heavy atom. The highest BCUT2D eigenvalue weighted by Gasteiger charge is 2.26. The van der Waals surface area contributed by atoms with E-state index in [0.717, 1.165) is 26.1 Å². The minimum Gasteiger partial charge on any atom is -0.394 e. The number of piperidine rings is 1. The van der Waals surface area contributed by atoms with Gasteiger partial charge in [0.1, 0.15) is 0 Å². The zero-order chi connectivity index (χ0) is 13.6. The van der Waals surface area contributed by atoms with E-state index in [1.54, 1.807) is 0 Å². The number of aliphatic hydroxyl groups is 1. The zero-order valence-corrected chi connectivity index (χ0v) is 12.5. The SMILES string of the molecule is CCC(C)(CO)NC1CCN(CC=C(C)C)CC1. The molecule has 0 saturated carbocycles. The minimum atomic E-state index is -0.104. The van der Waals surface area contributed by atoms with Crippen LogP contribution in [0.3, 0.4) is 0 Å². The van der Waals surface area contributed by atoms with E-state index in [1.807, 2.05) is 0 Å². The molecule has 1 heterocycles. The summed E-state index contributed by atoms with van der Waals surface area (Å²) in [6, 6.07) is 0.560. The van der Waals surface area contributed by atoms with Gasteiger partial charge in [-0.25, -0.2) is 0 Å². The largest absolute Gasteiger partial charge is 0.394 e. The Balaban J connectivity index is 2.33. The van der Waals surface area contributed by atoms with Crippen LogP contribution in [0.5, 0.6) is 0 Å². The molecule has 106 valence electrons. The number of allylic oxidation sites excluding steroid dienone is 1. The highest BCUT2D eigenvalue weighted by Crippen LogP contribution is 2.16. The fourth-order valence-electron chi connectivity index (χ4n) is 2.32. The molecule has 0 aliphatic carbocycles. The van der Waals surface area contributed by atoms with Crippen LogP contribution in [0.2, 0.25) is 0 Å². The Labute approximate surface area is 112 Å². The lowest BCUT2D eigenvalue weighted by atomic mass is 9.95. The van der Waals surface area contributed by atoms with Crippen molar-refractivity contribution in [1.29, 1.82) is 0 Å². The zero-order valence-electron chi connectivity index (χ0n) is 12.5. The van der Waals surface area contributed by atoms with E-state index in [2.05, 4.69) is 44.0 Å². The number of hydrogen-bond acceptors (Lipinski definition) is 3. The van der Waals surface area contributed by atoms with E-state index >= 15 is 0 Å². The Kier molecular flexibility index (Phi) is 6.33. The molecule has 0 aromatic heterocycles. The van der Waals surface area contributed by atoms with Crippen molar-refractivity contribution < 1.29 is 5.11 Å². The number of nitrogens with one attached hydrogen (secondary N) is 1. The van der Waals surface area contributed by atoms with Gasteiger partial charge in [0, 0.05) is 18.1 Å². The average molecular weight is 254 g/mol. The average Bonchev–Trinajstić information content (AvgIpc) is 2.37. The highest BCUT2D eigenvalue weighted by molar-refractivity contribution is 4.96. The first kappa shape index (κ1) is 15.7. The van der Waals surface area contributed by atoms with Gasteiger partial charge in [0.2, 0.25) is 0 Å². The number of nitrogens with zero attached hydrogens (tertiary/aromatic N) is 1. The standard InChI is InChI=1S/C15H30N2O/c1-5-15(4,12-18)16-14-7-10-17(11-8-14)9-6-13(2)3/h6,14,16,18H,5,7-12H2,1-4H3. The normalized spacial score (nSPS) is 21.6. The maximum Gasteiger partial charge on any atom is 0.0610 e. The molecule has 0 spiro atoms. The molecule has 1 fully saturated rings. The van der Waals surface area contributed by atoms with Crippen molar-refractivity contribution >= 4 is 0 Å². The third kappa shape index (κ3) is 5.09. The molecule has 0 amide bonds. The van der Waals surface area contributed by atoms with Gasteiger partial charge in [0.15, 0.2) is 0 Å². The number of hydrogen-bond donors (Lipinski definition) is 2. The molecule has 3 heteroatoms. The van der Waals surface area contributed by atoms with E-state index in [4.69, 9.17) is 0 Å². The van der Waals surface area contributed by atoms with E-state index in [9.17, 15) is 5.11 Å². The Morgan fingerprint density at radius 3 is 2.44 bits per heavy atom. The second-order valence-corrected chi connectivity index (χ2v) is 6.07. The van der Waals surface area contributed by atoms with Gasteiger partial charge in [-0.15, -0.1) is 0 Å². The molecule has 1 unspecified atom stereocenters. The predicted molar refractivity (Wildman–Crippen MR) is 77.8 cm³/mol. The summed E-state index contributed by atoms with van der Waals surface area (Å²) in [6.07, 6.45) is 5.65. The smallest absolute Gasteiger partial charge is 0.0610 e. The monoisotopic (exact) mass is 254 g/mol. The first-order valence-corrected chi connectivity index (χ1v) is 7.23. The molecule has 1 rings (SSSR count). The van der Waals surface area contributed by atoms with Gasteiger partial charge in [0.05, 0.1) is 6.61 Å². The maximum atomic E-state index is 9.43. The minimum absolute atomic E-state index is 0.104. The van der Waals surface area contributed by atoms with Gasteiger partial charge in [-0.3, -0.25) is 4.90 Å². The summed E-state index contributed by atoms with van der Waals surface area (Å²) in [5, 5.41) is 13.1. The summed E-state index contributed by atoms with van der Waals surface area (Å²) in [5.41, 5.74) is 1.29. The third-order valence-corrected chi connectivity index (χ3v) is 4.03. The summed E-state index contributed by atoms with van der Waals surface area (Å²) in [4.78, 5) is 2.51. The van der Waals surface area contributed by atoms with E-state index < -0.39 is 0 Å². The molecule has 0 bridgehead atoms. The van der Waals surface area contributed by atoms with Crippen LogP contribution in [0.1, 0.15) is 47.0 Å². The Hall–Kier alpha value is -0.380. The van der Waals surface area contributed by atoms with Crippen molar-refractivity contribution in [3.63, 3.8) is 0 Å². The van der Waals surface area contributed by atoms with Crippen LogP contribution >= 0.6 is 0 Å². The van der Waals surface area contributed by atoms with Crippen LogP contribution in [-0.4, -0.2) is 47.8 Å². The summed E-state index contributed by atoms with van der Waals surface area (Å²) in [7, 11) is 0. The molecule has 1 aliphatic rings. The Morgan fingerprint density at radius 1 is 1.39 bits per heavy atom. The highest BCUT2D eigenvalue weighted by atomic mass is 16.3. The van der Waals surface area contributed by atoms with E-state index in [0.29, 0.717) is 6.04 Å². The fourth-order valence-corrected chi connectivity index (χ4v) is 2.32. The van der Waals surface area contributed by atoms with Gasteiger partial charge < -0.3 is 10.4 Å². The van der Waals surface area contributed by atoms with Crippen LogP contribution in [0.25, 0.3) is 0 Å². The van der Waals surface area contributed by atoms with Gasteiger partial charge in [-0.2, -0.15) is 0 Å². The van der Waals surface area contributed by atoms with Crippen LogP contribution in [0.15, 0.2) is 11.6 Å². The summed E-state index contributed by atoms with van der Waals surface area (Å²) >= 11 is 0. The van der Waals surface area contributed by atoms with Crippen LogP contribution in [0.4, 0.5) is 0 Å².